The molecule has 31 nitrogen and oxygen atoms in total. The molecule has 15 aromatic heterocycles. The summed E-state index contributed by atoms with van der Waals surface area (Å²) in [6, 6.07) is 63.2. The van der Waals surface area contributed by atoms with E-state index in [0.29, 0.717) is 103 Å². The molecule has 0 radical (unpaired) electrons. The SMILES string of the molecule is Cc1cc(C)n(-c2cnn3c([O-])nc(-c4ccccc4)nc23)n1.Cc1cc2nc(-c3ccccn3)nc([O-])n2n1.Cc1ccc(-c2cc3nc(-c4ccccn4)nc([O-])n3n2)cc1.Cc1cccc(-c2cc3nc(-c4ccccn4)nc([O-])n3n2)c1.[Be+2].[Be+2].[Be+2].[Be+2].[O-]c1nc(-c2ccccn2)nc2cc(-c3ccccc3)nn12.[Zn+2]. The summed E-state index contributed by atoms with van der Waals surface area (Å²) in [5.41, 5.74) is 15.7. The quantitative estimate of drug-likeness (QED) is 0.130. The van der Waals surface area contributed by atoms with Crippen molar-refractivity contribution < 1.29 is 45.0 Å². The first-order valence-corrected chi connectivity index (χ1v) is 33.2. The van der Waals surface area contributed by atoms with Crippen LogP contribution in [0, 0.1) is 34.6 Å². The van der Waals surface area contributed by atoms with Gasteiger partial charge < -0.3 is 25.5 Å². The van der Waals surface area contributed by atoms with Gasteiger partial charge in [-0.3, -0.25) is 19.9 Å². The van der Waals surface area contributed by atoms with Crippen molar-refractivity contribution in [2.45, 2.75) is 34.6 Å². The average Bonchev–Trinajstić information content (AvgIpc) is 1.64. The van der Waals surface area contributed by atoms with Gasteiger partial charge in [0.15, 0.2) is 57.4 Å². The molecule has 0 unspecified atom stereocenters. The molecule has 0 aliphatic rings. The van der Waals surface area contributed by atoms with Crippen molar-refractivity contribution >= 4 is 68.7 Å². The minimum Gasteiger partial charge on any atom is -0.844 e. The van der Waals surface area contributed by atoms with E-state index in [1.165, 1.54) is 28.1 Å². The second-order valence-corrected chi connectivity index (χ2v) is 24.0. The Labute approximate surface area is 670 Å². The standard InChI is InChI=1S/2C17H13N5O.C16H14N6O.C16H11N5O.C11H9N5O.4Be.Zn/c1-11-5-4-6-12(9-11)14-10-15-19-16(13-7-2-3-8-18-13)20-17(23)22(15)21-14;1-11-5-7-12(8-6-11)14-10-15-19-16(13-4-2-3-9-18-13)20-17(23)22(15)21-14;1-10-8-11(2)21(20-10)13-9-17-22-15(13)18-14(19-16(22)23)12-6-4-3-5-7-12;22-16-19-15(12-8-4-5-9-17-12)18-14-10-13(20-21(14)16)11-6-2-1-3-7-11;1-7-6-9-13-10(8-4-2-3-5-12-8)14-11(17)16(9)15-7;;;;;/h2*2-10H,1H3,(H,19,20,23);3-9H,1-2H3,(H,18,19,23);1-10H,(H,18,19,22);2-6H,1H3,(H,13,14,17);;;;;/q;;;;;5*+2/p-5. The normalized spacial score (nSPS) is 10.5. The first-order valence-electron chi connectivity index (χ1n) is 33.2. The third kappa shape index (κ3) is 18.1. The number of pyridine rings is 4. The van der Waals surface area contributed by atoms with Gasteiger partial charge in [0.05, 0.1) is 64.7 Å². The third-order valence-corrected chi connectivity index (χ3v) is 16.2. The topological polar surface area (TPSA) is 400 Å². The maximum atomic E-state index is 12.2. The van der Waals surface area contributed by atoms with Gasteiger partial charge in [-0.2, -0.15) is 30.6 Å². The summed E-state index contributed by atoms with van der Waals surface area (Å²) in [6.07, 6.45) is 8.14. The van der Waals surface area contributed by atoms with Crippen molar-refractivity contribution in [2.24, 2.45) is 0 Å². The molecule has 528 valence electrons. The van der Waals surface area contributed by atoms with Gasteiger partial charge in [0.2, 0.25) is 0 Å². The fraction of sp³-hybridized carbons (Fsp3) is 0.0649. The van der Waals surface area contributed by atoms with Crippen LogP contribution >= 0.6 is 0 Å². The van der Waals surface area contributed by atoms with Crippen molar-refractivity contribution in [3.05, 3.63) is 272 Å². The summed E-state index contributed by atoms with van der Waals surface area (Å²) < 4.78 is 7.74. The van der Waals surface area contributed by atoms with Crippen molar-refractivity contribution in [1.82, 2.24) is 128 Å². The molecule has 36 heteroatoms. The summed E-state index contributed by atoms with van der Waals surface area (Å²) in [4.78, 5) is 58.3. The molecule has 0 fully saturated rings. The number of fused-ring (bicyclic) bond motifs is 5. The largest absolute Gasteiger partial charge is 2.00 e. The number of hydrogen-bond acceptors (Lipinski definition) is 25. The van der Waals surface area contributed by atoms with Gasteiger partial charge >= 0.3 is 60.0 Å². The van der Waals surface area contributed by atoms with E-state index in [1.54, 1.807) is 115 Å². The van der Waals surface area contributed by atoms with E-state index in [9.17, 15) is 25.5 Å². The molecule has 0 spiro atoms. The van der Waals surface area contributed by atoms with Crippen molar-refractivity contribution in [1.29, 1.82) is 0 Å². The number of aryl methyl sites for hydroxylation is 5. The molecule has 0 aliphatic heterocycles. The van der Waals surface area contributed by atoms with Gasteiger partial charge in [0.1, 0.15) is 28.5 Å². The van der Waals surface area contributed by atoms with E-state index >= 15 is 0 Å². The summed E-state index contributed by atoms with van der Waals surface area (Å²) in [5, 5.41) is 85.9. The minimum absolute atomic E-state index is 0. The predicted octanol–water partition coefficient (Wildman–Crippen LogP) is 7.11. The van der Waals surface area contributed by atoms with Crippen LogP contribution in [-0.4, -0.2) is 168 Å². The van der Waals surface area contributed by atoms with Crippen LogP contribution in [0.15, 0.2) is 243 Å². The van der Waals surface area contributed by atoms with E-state index in [-0.39, 0.29) is 60.0 Å². The molecule has 0 atom stereocenters. The van der Waals surface area contributed by atoms with Crippen LogP contribution in [0.25, 0.3) is 125 Å². The van der Waals surface area contributed by atoms with Crippen LogP contribution < -0.4 is 25.5 Å². The van der Waals surface area contributed by atoms with Crippen LogP contribution in [0.3, 0.4) is 0 Å². The molecule has 0 saturated carbocycles. The minimum atomic E-state index is -0.465. The zero-order valence-corrected chi connectivity index (χ0v) is 64.3. The Kier molecular flexibility index (Phi) is 25.8. The van der Waals surface area contributed by atoms with Crippen LogP contribution in [0.2, 0.25) is 0 Å². The van der Waals surface area contributed by atoms with Gasteiger partial charge in [-0.05, 0) is 95.3 Å². The molecule has 113 heavy (non-hydrogen) atoms. The molecule has 15 heterocycles. The number of aromatic nitrogens is 26. The van der Waals surface area contributed by atoms with E-state index in [2.05, 4.69) is 100 Å². The Bertz CT molecular complexity index is 6410. The third-order valence-electron chi connectivity index (χ3n) is 16.2. The second kappa shape index (κ2) is 35.8. The molecule has 0 aliphatic carbocycles. The van der Waals surface area contributed by atoms with Gasteiger partial charge in [0.25, 0.3) is 0 Å². The fourth-order valence-corrected chi connectivity index (χ4v) is 11.1. The molecule has 19 aromatic rings. The zero-order valence-electron chi connectivity index (χ0n) is 61.3. The summed E-state index contributed by atoms with van der Waals surface area (Å²) in [5.74, 6) is 1.62. The Morgan fingerprint density at radius 2 is 0.637 bits per heavy atom. The molecule has 19 rings (SSSR count). The first-order chi connectivity index (χ1) is 52.6. The molecule has 0 amide bonds. The number of hydrogen-bond donors (Lipinski definition) is 0. The van der Waals surface area contributed by atoms with E-state index in [4.69, 9.17) is 0 Å². The maximum absolute atomic E-state index is 12.2. The van der Waals surface area contributed by atoms with E-state index < -0.39 is 30.1 Å². The Hall–Kier alpha value is -14.3. The predicted molar refractivity (Wildman–Crippen MR) is 410 cm³/mol. The monoisotopic (exact) mass is 1520 g/mol. The van der Waals surface area contributed by atoms with Crippen molar-refractivity contribution in [3.8, 4) is 127 Å². The van der Waals surface area contributed by atoms with Crippen LogP contribution in [-0.2, 0) is 19.5 Å². The molecular formula is C77H55Be4N26O5Zn+5. The first kappa shape index (κ1) is 81.3. The van der Waals surface area contributed by atoms with E-state index in [1.807, 2.05) is 167 Å². The van der Waals surface area contributed by atoms with Gasteiger partial charge in [-0.1, -0.05) is 139 Å². The summed E-state index contributed by atoms with van der Waals surface area (Å²) in [6.45, 7) is 9.69. The van der Waals surface area contributed by atoms with Crippen LogP contribution in [0.1, 0.15) is 28.2 Å². The average molecular weight is 1530 g/mol. The van der Waals surface area contributed by atoms with E-state index in [0.717, 1.165) is 44.9 Å². The van der Waals surface area contributed by atoms with Gasteiger partial charge in [-0.15, -0.1) is 0 Å². The molecule has 0 saturated heterocycles. The van der Waals surface area contributed by atoms with Crippen LogP contribution in [0.4, 0.5) is 0 Å². The smallest absolute Gasteiger partial charge is 0.844 e. The zero-order chi connectivity index (χ0) is 74.4. The van der Waals surface area contributed by atoms with Gasteiger partial charge in [-0.25, -0.2) is 77.1 Å². The Morgan fingerprint density at radius 1 is 0.274 bits per heavy atom. The second-order valence-electron chi connectivity index (χ2n) is 24.0. The van der Waals surface area contributed by atoms with Crippen molar-refractivity contribution in [2.75, 3.05) is 0 Å². The summed E-state index contributed by atoms with van der Waals surface area (Å²) >= 11 is 0. The number of rotatable bonds is 9. The maximum Gasteiger partial charge on any atom is 2.00 e. The Morgan fingerprint density at radius 3 is 1.04 bits per heavy atom. The van der Waals surface area contributed by atoms with Gasteiger partial charge in [0, 0.05) is 77.0 Å². The number of benzene rings is 4. The molecule has 4 aromatic carbocycles. The molecule has 0 N–H and O–H groups in total. The molecular weight excluding hydrogens is 1470 g/mol. The Balaban J connectivity index is 0.000000149. The van der Waals surface area contributed by atoms with Crippen LogP contribution in [0.5, 0.6) is 30.1 Å². The summed E-state index contributed by atoms with van der Waals surface area (Å²) in [7, 11) is 0. The fourth-order valence-electron chi connectivity index (χ4n) is 11.1. The number of nitrogens with zero attached hydrogens (tertiary/aromatic N) is 26. The molecule has 0 bridgehead atoms. The van der Waals surface area contributed by atoms with Crippen molar-refractivity contribution in [3.63, 3.8) is 0 Å².